The predicted octanol–water partition coefficient (Wildman–Crippen LogP) is 2.56. The molecular formula is C21H24N6O4. The van der Waals surface area contributed by atoms with Crippen LogP contribution >= 0.6 is 0 Å². The highest BCUT2D eigenvalue weighted by atomic mass is 16.5. The number of hydrogen-bond donors (Lipinski definition) is 3. The molecule has 3 aromatic rings. The lowest BCUT2D eigenvalue weighted by Crippen LogP contribution is -2.26. The topological polar surface area (TPSA) is 157 Å². The van der Waals surface area contributed by atoms with Gasteiger partial charge in [-0.3, -0.25) is 9.59 Å². The fourth-order valence-electron chi connectivity index (χ4n) is 3.36. The Labute approximate surface area is 178 Å². The van der Waals surface area contributed by atoms with Gasteiger partial charge in [0.05, 0.1) is 5.92 Å². The fraction of sp³-hybridized carbons (Fsp3) is 0.333. The Kier molecular flexibility index (Phi) is 6.91. The number of aromatic amines is 1. The van der Waals surface area contributed by atoms with Crippen molar-refractivity contribution < 1.29 is 19.4 Å². The van der Waals surface area contributed by atoms with E-state index in [0.29, 0.717) is 35.9 Å². The second kappa shape index (κ2) is 9.79. The molecule has 31 heavy (non-hydrogen) atoms. The number of H-pyrrole nitrogens is 1. The van der Waals surface area contributed by atoms with E-state index in [4.69, 9.17) is 10.5 Å². The number of rotatable bonds is 10. The van der Waals surface area contributed by atoms with Gasteiger partial charge in [-0.2, -0.15) is 5.21 Å². The van der Waals surface area contributed by atoms with Crippen LogP contribution in [-0.4, -0.2) is 42.6 Å². The molecule has 162 valence electrons. The molecule has 0 spiro atoms. The molecule has 2 aromatic heterocycles. The van der Waals surface area contributed by atoms with Crippen molar-refractivity contribution in [2.24, 2.45) is 17.6 Å². The molecule has 0 saturated heterocycles. The summed E-state index contributed by atoms with van der Waals surface area (Å²) in [6, 6.07) is 9.98. The third-order valence-corrected chi connectivity index (χ3v) is 4.82. The molecule has 0 bridgehead atoms. The van der Waals surface area contributed by atoms with Crippen LogP contribution in [0.3, 0.4) is 0 Å². The summed E-state index contributed by atoms with van der Waals surface area (Å²) in [5.41, 5.74) is 6.43. The van der Waals surface area contributed by atoms with E-state index in [1.54, 1.807) is 30.5 Å². The van der Waals surface area contributed by atoms with Gasteiger partial charge in [0.2, 0.25) is 11.8 Å². The average Bonchev–Trinajstić information content (AvgIpc) is 3.26. The van der Waals surface area contributed by atoms with E-state index < -0.39 is 23.7 Å². The Bertz CT molecular complexity index is 1020. The van der Waals surface area contributed by atoms with Crippen molar-refractivity contribution in [1.82, 2.24) is 25.6 Å². The van der Waals surface area contributed by atoms with Crippen molar-refractivity contribution >= 4 is 11.9 Å². The van der Waals surface area contributed by atoms with Crippen LogP contribution in [0.5, 0.6) is 11.6 Å². The number of carbonyl (C=O) groups excluding carboxylic acids is 1. The Morgan fingerprint density at radius 2 is 2.03 bits per heavy atom. The molecule has 0 aliphatic carbocycles. The molecule has 0 radical (unpaired) electrons. The summed E-state index contributed by atoms with van der Waals surface area (Å²) in [7, 11) is 0. The van der Waals surface area contributed by atoms with Crippen LogP contribution in [0.2, 0.25) is 0 Å². The van der Waals surface area contributed by atoms with E-state index >= 15 is 0 Å². The van der Waals surface area contributed by atoms with Crippen molar-refractivity contribution in [2.45, 2.75) is 32.6 Å². The summed E-state index contributed by atoms with van der Waals surface area (Å²) >= 11 is 0. The van der Waals surface area contributed by atoms with E-state index in [1.807, 2.05) is 19.9 Å². The Hall–Kier alpha value is -3.82. The number of ether oxygens (including phenoxy) is 1. The molecule has 0 aliphatic heterocycles. The van der Waals surface area contributed by atoms with Crippen molar-refractivity contribution in [3.63, 3.8) is 0 Å². The summed E-state index contributed by atoms with van der Waals surface area (Å²) < 4.78 is 5.69. The van der Waals surface area contributed by atoms with Gasteiger partial charge >= 0.3 is 5.97 Å². The maximum atomic E-state index is 11.9. The number of tetrazole rings is 1. The van der Waals surface area contributed by atoms with Gasteiger partial charge in [0.1, 0.15) is 5.75 Å². The van der Waals surface area contributed by atoms with Crippen LogP contribution in [-0.2, 0) is 11.2 Å². The van der Waals surface area contributed by atoms with Gasteiger partial charge in [-0.25, -0.2) is 4.98 Å². The third kappa shape index (κ3) is 5.84. The second-order valence-electron chi connectivity index (χ2n) is 7.65. The lowest BCUT2D eigenvalue weighted by atomic mass is 9.81. The van der Waals surface area contributed by atoms with Crippen LogP contribution < -0.4 is 10.5 Å². The molecule has 2 unspecified atom stereocenters. The molecular weight excluding hydrogens is 400 g/mol. The second-order valence-corrected chi connectivity index (χ2v) is 7.65. The van der Waals surface area contributed by atoms with Gasteiger partial charge in [-0.05, 0) is 42.5 Å². The van der Waals surface area contributed by atoms with E-state index in [9.17, 15) is 14.7 Å². The lowest BCUT2D eigenvalue weighted by molar-refractivity contribution is -0.143. The third-order valence-electron chi connectivity index (χ3n) is 4.82. The number of carboxylic acids is 1. The first-order valence-electron chi connectivity index (χ1n) is 9.82. The maximum absolute atomic E-state index is 11.9. The fourth-order valence-corrected chi connectivity index (χ4v) is 3.36. The standard InChI is InChI=1S/C21H24N6O4/c1-12(2)8-17(21(29)30)16(20-24-26-27-25-20)9-13-6-7-18(23-11-13)31-15-5-3-4-14(10-15)19(22)28/h3-7,10-12,16-17H,8-9H2,1-2H3,(H2,22,28)(H,29,30)(H,24,25,26,27). The summed E-state index contributed by atoms with van der Waals surface area (Å²) in [6.45, 7) is 3.95. The zero-order valence-corrected chi connectivity index (χ0v) is 17.2. The number of carbonyl (C=O) groups is 2. The monoisotopic (exact) mass is 424 g/mol. The van der Waals surface area contributed by atoms with Crippen molar-refractivity contribution in [3.8, 4) is 11.6 Å². The van der Waals surface area contributed by atoms with Crippen LogP contribution in [0.4, 0.5) is 0 Å². The summed E-state index contributed by atoms with van der Waals surface area (Å²) in [5, 5.41) is 23.8. The first kappa shape index (κ1) is 21.9. The van der Waals surface area contributed by atoms with Crippen LogP contribution in [0, 0.1) is 11.8 Å². The molecule has 0 fully saturated rings. The Morgan fingerprint density at radius 1 is 1.23 bits per heavy atom. The van der Waals surface area contributed by atoms with Gasteiger partial charge in [0.15, 0.2) is 5.82 Å². The number of hydrogen-bond acceptors (Lipinski definition) is 7. The molecule has 0 aliphatic rings. The number of amides is 1. The van der Waals surface area contributed by atoms with Gasteiger partial charge in [-0.15, -0.1) is 10.2 Å². The van der Waals surface area contributed by atoms with Crippen LogP contribution in [0.1, 0.15) is 47.9 Å². The Morgan fingerprint density at radius 3 is 2.61 bits per heavy atom. The van der Waals surface area contributed by atoms with Gasteiger partial charge in [0.25, 0.3) is 0 Å². The SMILES string of the molecule is CC(C)CC(C(=O)O)C(Cc1ccc(Oc2cccc(C(N)=O)c2)nc1)c1nn[nH]n1. The first-order valence-corrected chi connectivity index (χ1v) is 9.82. The predicted molar refractivity (Wildman–Crippen MR) is 110 cm³/mol. The number of carboxylic acid groups (broad SMARTS) is 1. The number of nitrogens with zero attached hydrogens (tertiary/aromatic N) is 4. The number of nitrogens with two attached hydrogens (primary N) is 1. The number of nitrogens with one attached hydrogen (secondary N) is 1. The highest BCUT2D eigenvalue weighted by Gasteiger charge is 2.33. The molecule has 2 atom stereocenters. The quantitative estimate of drug-likeness (QED) is 0.448. The largest absolute Gasteiger partial charge is 0.481 e. The summed E-state index contributed by atoms with van der Waals surface area (Å²) in [4.78, 5) is 27.6. The smallest absolute Gasteiger partial charge is 0.307 e. The van der Waals surface area contributed by atoms with Crippen molar-refractivity contribution in [3.05, 3.63) is 59.5 Å². The van der Waals surface area contributed by atoms with Gasteiger partial charge in [0, 0.05) is 23.7 Å². The zero-order valence-electron chi connectivity index (χ0n) is 17.2. The minimum absolute atomic E-state index is 0.195. The normalized spacial score (nSPS) is 13.0. The number of benzene rings is 1. The summed E-state index contributed by atoms with van der Waals surface area (Å²) in [6.07, 6.45) is 2.49. The highest BCUT2D eigenvalue weighted by Crippen LogP contribution is 2.31. The Balaban J connectivity index is 1.77. The number of primary amides is 1. The van der Waals surface area contributed by atoms with E-state index in [0.717, 1.165) is 5.56 Å². The molecule has 0 saturated carbocycles. The molecule has 3 rings (SSSR count). The average molecular weight is 424 g/mol. The van der Waals surface area contributed by atoms with Gasteiger partial charge < -0.3 is 15.6 Å². The molecule has 2 heterocycles. The maximum Gasteiger partial charge on any atom is 0.307 e. The number of pyridine rings is 1. The highest BCUT2D eigenvalue weighted by molar-refractivity contribution is 5.93. The molecule has 10 heteroatoms. The van der Waals surface area contributed by atoms with Crippen LogP contribution in [0.15, 0.2) is 42.6 Å². The number of aromatic nitrogens is 5. The van der Waals surface area contributed by atoms with Crippen molar-refractivity contribution in [1.29, 1.82) is 0 Å². The van der Waals surface area contributed by atoms with Gasteiger partial charge in [-0.1, -0.05) is 31.2 Å². The van der Waals surface area contributed by atoms with Crippen molar-refractivity contribution in [2.75, 3.05) is 0 Å². The minimum Gasteiger partial charge on any atom is -0.481 e. The molecule has 1 amide bonds. The van der Waals surface area contributed by atoms with E-state index in [1.165, 1.54) is 6.07 Å². The molecule has 4 N–H and O–H groups in total. The lowest BCUT2D eigenvalue weighted by Gasteiger charge is -2.23. The molecule has 1 aromatic carbocycles. The summed E-state index contributed by atoms with van der Waals surface area (Å²) in [5.74, 6) is -1.24. The number of aliphatic carboxylic acids is 1. The minimum atomic E-state index is -0.897. The van der Waals surface area contributed by atoms with E-state index in [-0.39, 0.29) is 5.92 Å². The first-order chi connectivity index (χ1) is 14.8. The van der Waals surface area contributed by atoms with Crippen LogP contribution in [0.25, 0.3) is 0 Å². The van der Waals surface area contributed by atoms with E-state index in [2.05, 4.69) is 25.6 Å². The molecule has 10 nitrogen and oxygen atoms in total. The zero-order chi connectivity index (χ0) is 22.4.